The summed E-state index contributed by atoms with van der Waals surface area (Å²) in [7, 11) is 1.85. The summed E-state index contributed by atoms with van der Waals surface area (Å²) < 4.78 is 0.903. The lowest BCUT2D eigenvalue weighted by molar-refractivity contribution is 1.05. The van der Waals surface area contributed by atoms with Crippen LogP contribution in [-0.4, -0.2) is 23.6 Å². The standard InChI is InChI=1S/C14H16IN5/c1-8-5-9(3-4-10(8)11-7-17-11)18-14-19-12(15)6-13(16-2)20-14/h3-6,11,17H,7H2,1-2H3,(H2,16,18,19,20). The highest BCUT2D eigenvalue weighted by atomic mass is 127. The fraction of sp³-hybridized carbons (Fsp3) is 0.286. The maximum absolute atomic E-state index is 4.40. The van der Waals surface area contributed by atoms with Crippen LogP contribution in [0.1, 0.15) is 17.2 Å². The predicted octanol–water partition coefficient (Wildman–Crippen LogP) is 2.82. The molecule has 0 aliphatic carbocycles. The Kier molecular flexibility index (Phi) is 3.75. The van der Waals surface area contributed by atoms with E-state index < -0.39 is 0 Å². The molecule has 5 nitrogen and oxygen atoms in total. The third-order valence-electron chi connectivity index (χ3n) is 3.26. The van der Waals surface area contributed by atoms with Crippen molar-refractivity contribution in [2.75, 3.05) is 24.2 Å². The number of hydrogen-bond acceptors (Lipinski definition) is 5. The van der Waals surface area contributed by atoms with E-state index in [0.717, 1.165) is 21.8 Å². The van der Waals surface area contributed by atoms with Crippen molar-refractivity contribution < 1.29 is 0 Å². The molecule has 1 aromatic heterocycles. The summed E-state index contributed by atoms with van der Waals surface area (Å²) >= 11 is 2.19. The molecule has 0 radical (unpaired) electrons. The highest BCUT2D eigenvalue weighted by molar-refractivity contribution is 14.1. The van der Waals surface area contributed by atoms with Crippen molar-refractivity contribution in [1.29, 1.82) is 0 Å². The molecule has 0 saturated carbocycles. The number of nitrogens with one attached hydrogen (secondary N) is 3. The Morgan fingerprint density at radius 2 is 2.10 bits per heavy atom. The molecule has 20 heavy (non-hydrogen) atoms. The van der Waals surface area contributed by atoms with Crippen molar-refractivity contribution in [3.63, 3.8) is 0 Å². The van der Waals surface area contributed by atoms with Crippen LogP contribution in [0.5, 0.6) is 0 Å². The van der Waals surface area contributed by atoms with Crippen molar-refractivity contribution >= 4 is 40.0 Å². The molecule has 6 heteroatoms. The molecule has 0 spiro atoms. The smallest absolute Gasteiger partial charge is 0.230 e. The Morgan fingerprint density at radius 3 is 2.75 bits per heavy atom. The number of rotatable bonds is 4. The molecule has 1 unspecified atom stereocenters. The molecule has 1 aromatic carbocycles. The Labute approximate surface area is 131 Å². The Balaban J connectivity index is 1.83. The maximum atomic E-state index is 4.40. The highest BCUT2D eigenvalue weighted by Crippen LogP contribution is 2.27. The fourth-order valence-corrected chi connectivity index (χ4v) is 2.68. The normalized spacial score (nSPS) is 16.9. The van der Waals surface area contributed by atoms with Gasteiger partial charge in [-0.2, -0.15) is 4.98 Å². The van der Waals surface area contributed by atoms with Crippen molar-refractivity contribution in [3.05, 3.63) is 39.1 Å². The van der Waals surface area contributed by atoms with Crippen LogP contribution < -0.4 is 16.0 Å². The number of benzene rings is 1. The average Bonchev–Trinajstić information content (AvgIpc) is 3.22. The topological polar surface area (TPSA) is 71.8 Å². The van der Waals surface area contributed by atoms with Crippen molar-refractivity contribution in [1.82, 2.24) is 15.3 Å². The second-order valence-electron chi connectivity index (χ2n) is 4.81. The second-order valence-corrected chi connectivity index (χ2v) is 5.91. The number of nitrogens with zero attached hydrogens (tertiary/aromatic N) is 2. The number of halogens is 1. The fourth-order valence-electron chi connectivity index (χ4n) is 2.15. The molecule has 1 atom stereocenters. The lowest BCUT2D eigenvalue weighted by Gasteiger charge is -2.10. The van der Waals surface area contributed by atoms with E-state index in [1.165, 1.54) is 11.1 Å². The summed E-state index contributed by atoms with van der Waals surface area (Å²) in [6, 6.07) is 8.81. The molecule has 3 N–H and O–H groups in total. The van der Waals surface area contributed by atoms with Crippen LogP contribution in [0, 0.1) is 10.6 Å². The van der Waals surface area contributed by atoms with Gasteiger partial charge in [0.15, 0.2) is 0 Å². The summed E-state index contributed by atoms with van der Waals surface area (Å²) in [6.45, 7) is 3.22. The minimum absolute atomic E-state index is 0.536. The maximum Gasteiger partial charge on any atom is 0.230 e. The van der Waals surface area contributed by atoms with Gasteiger partial charge < -0.3 is 16.0 Å². The van der Waals surface area contributed by atoms with Crippen LogP contribution >= 0.6 is 22.6 Å². The second kappa shape index (κ2) is 5.53. The van der Waals surface area contributed by atoms with Gasteiger partial charge in [-0.1, -0.05) is 6.07 Å². The third-order valence-corrected chi connectivity index (χ3v) is 3.81. The van der Waals surface area contributed by atoms with Gasteiger partial charge in [-0.05, 0) is 52.8 Å². The van der Waals surface area contributed by atoms with E-state index in [2.05, 4.69) is 73.6 Å². The van der Waals surface area contributed by atoms with E-state index in [0.29, 0.717) is 12.0 Å². The van der Waals surface area contributed by atoms with Gasteiger partial charge in [-0.15, -0.1) is 0 Å². The molecule has 2 aromatic rings. The molecule has 1 aliphatic heterocycles. The SMILES string of the molecule is CNc1cc(I)nc(Nc2ccc(C3CN3)c(C)c2)n1. The molecule has 1 fully saturated rings. The minimum atomic E-state index is 0.536. The molecule has 0 bridgehead atoms. The molecule has 104 valence electrons. The summed E-state index contributed by atoms with van der Waals surface area (Å²) in [5.74, 6) is 1.42. The Hall–Kier alpha value is -1.41. The van der Waals surface area contributed by atoms with Crippen molar-refractivity contribution in [2.24, 2.45) is 0 Å². The summed E-state index contributed by atoms with van der Waals surface area (Å²) in [5.41, 5.74) is 3.66. The molecule has 0 amide bonds. The third kappa shape index (κ3) is 3.01. The van der Waals surface area contributed by atoms with Crippen LogP contribution in [0.25, 0.3) is 0 Å². The largest absolute Gasteiger partial charge is 0.373 e. The van der Waals surface area contributed by atoms with Gasteiger partial charge in [0.2, 0.25) is 5.95 Å². The van der Waals surface area contributed by atoms with Crippen LogP contribution in [-0.2, 0) is 0 Å². The zero-order chi connectivity index (χ0) is 14.1. The van der Waals surface area contributed by atoms with Crippen LogP contribution in [0.3, 0.4) is 0 Å². The molecule has 1 saturated heterocycles. The van der Waals surface area contributed by atoms with Gasteiger partial charge in [0.1, 0.15) is 9.52 Å². The lowest BCUT2D eigenvalue weighted by atomic mass is 10.1. The first-order chi connectivity index (χ1) is 9.65. The van der Waals surface area contributed by atoms with Gasteiger partial charge >= 0.3 is 0 Å². The van der Waals surface area contributed by atoms with Crippen molar-refractivity contribution in [3.8, 4) is 0 Å². The molecular weight excluding hydrogens is 365 g/mol. The van der Waals surface area contributed by atoms with Gasteiger partial charge in [0, 0.05) is 31.4 Å². The van der Waals surface area contributed by atoms with E-state index in [-0.39, 0.29) is 0 Å². The van der Waals surface area contributed by atoms with Crippen molar-refractivity contribution in [2.45, 2.75) is 13.0 Å². The van der Waals surface area contributed by atoms with E-state index >= 15 is 0 Å². The number of hydrogen-bond donors (Lipinski definition) is 3. The van der Waals surface area contributed by atoms with E-state index in [4.69, 9.17) is 0 Å². The van der Waals surface area contributed by atoms with Gasteiger partial charge in [0.05, 0.1) is 0 Å². The van der Waals surface area contributed by atoms with Crippen LogP contribution in [0.15, 0.2) is 24.3 Å². The van der Waals surface area contributed by atoms with E-state index in [1.54, 1.807) is 0 Å². The first-order valence-electron chi connectivity index (χ1n) is 6.49. The Bertz CT molecular complexity index is 639. The number of aromatic nitrogens is 2. The first kappa shape index (κ1) is 13.6. The zero-order valence-electron chi connectivity index (χ0n) is 11.4. The summed E-state index contributed by atoms with van der Waals surface area (Å²) in [4.78, 5) is 8.79. The Morgan fingerprint density at radius 1 is 1.30 bits per heavy atom. The molecule has 2 heterocycles. The number of anilines is 3. The van der Waals surface area contributed by atoms with Gasteiger partial charge in [0.25, 0.3) is 0 Å². The predicted molar refractivity (Wildman–Crippen MR) is 89.5 cm³/mol. The molecule has 1 aliphatic rings. The van der Waals surface area contributed by atoms with Gasteiger partial charge in [-0.25, -0.2) is 4.98 Å². The average molecular weight is 381 g/mol. The quantitative estimate of drug-likeness (QED) is 0.432. The monoisotopic (exact) mass is 381 g/mol. The van der Waals surface area contributed by atoms with Gasteiger partial charge in [-0.3, -0.25) is 0 Å². The molecular formula is C14H16IN5. The summed E-state index contributed by atoms with van der Waals surface area (Å²) in [5, 5.41) is 9.62. The van der Waals surface area contributed by atoms with Crippen LogP contribution in [0.4, 0.5) is 17.5 Å². The minimum Gasteiger partial charge on any atom is -0.373 e. The zero-order valence-corrected chi connectivity index (χ0v) is 13.5. The lowest BCUT2D eigenvalue weighted by Crippen LogP contribution is -2.02. The van der Waals surface area contributed by atoms with E-state index in [1.807, 2.05) is 13.1 Å². The number of aryl methyl sites for hydroxylation is 1. The molecule has 3 rings (SSSR count). The van der Waals surface area contributed by atoms with E-state index in [9.17, 15) is 0 Å². The first-order valence-corrected chi connectivity index (χ1v) is 7.57. The summed E-state index contributed by atoms with van der Waals surface area (Å²) in [6.07, 6.45) is 0. The van der Waals surface area contributed by atoms with Crippen LogP contribution in [0.2, 0.25) is 0 Å². The highest BCUT2D eigenvalue weighted by Gasteiger charge is 2.23.